The molecule has 96 valence electrons. The third kappa shape index (κ3) is 1.64. The Kier molecular flexibility index (Phi) is 2.79. The Labute approximate surface area is 105 Å². The zero-order chi connectivity index (χ0) is 13.5. The third-order valence-corrected chi connectivity index (χ3v) is 3.42. The topological polar surface area (TPSA) is 138 Å². The van der Waals surface area contributed by atoms with Crippen LogP contribution in [0.4, 0.5) is 0 Å². The van der Waals surface area contributed by atoms with Crippen molar-refractivity contribution in [1.29, 1.82) is 0 Å². The quantitative estimate of drug-likeness (QED) is 0.504. The van der Waals surface area contributed by atoms with Crippen molar-refractivity contribution >= 4 is 29.1 Å². The summed E-state index contributed by atoms with van der Waals surface area (Å²) >= 11 is 0.967. The fourth-order valence-corrected chi connectivity index (χ4v) is 2.46. The second-order valence-electron chi connectivity index (χ2n) is 3.53. The maximum atomic E-state index is 11.4. The molecule has 1 aromatic heterocycles. The van der Waals surface area contributed by atoms with Crippen molar-refractivity contribution in [3.63, 3.8) is 0 Å². The number of epoxide rings is 1. The molecule has 8 nitrogen and oxygen atoms in total. The monoisotopic (exact) mass is 271 g/mol. The molecule has 1 fully saturated rings. The maximum absolute atomic E-state index is 11.4. The molecule has 0 aliphatic carbocycles. The first kappa shape index (κ1) is 12.5. The predicted molar refractivity (Wildman–Crippen MR) is 58.4 cm³/mol. The van der Waals surface area contributed by atoms with E-state index in [0.717, 1.165) is 11.3 Å². The number of hydrogen-bond donors (Lipinski definition) is 2. The molecular weight excluding hydrogens is 262 g/mol. The van der Waals surface area contributed by atoms with Gasteiger partial charge in [-0.2, -0.15) is 0 Å². The largest absolute Gasteiger partial charge is 0.464 e. The van der Waals surface area contributed by atoms with Crippen LogP contribution in [-0.2, 0) is 24.7 Å². The maximum Gasteiger partial charge on any atom is 0.357 e. The van der Waals surface area contributed by atoms with Crippen LogP contribution in [-0.4, -0.2) is 36.0 Å². The summed E-state index contributed by atoms with van der Waals surface area (Å²) in [5.41, 5.74) is 8.61. The second-order valence-corrected chi connectivity index (χ2v) is 4.39. The Balaban J connectivity index is 2.35. The highest BCUT2D eigenvalue weighted by Crippen LogP contribution is 2.47. The summed E-state index contributed by atoms with van der Waals surface area (Å²) in [6.45, 7) is 0. The number of nitrogens with zero attached hydrogens (tertiary/aromatic N) is 1. The number of carbonyl (C=O) groups is 3. The minimum atomic E-state index is -1.65. The van der Waals surface area contributed by atoms with Crippen molar-refractivity contribution in [1.82, 2.24) is 4.98 Å². The van der Waals surface area contributed by atoms with Gasteiger partial charge in [0.1, 0.15) is 5.01 Å². The van der Waals surface area contributed by atoms with Crippen LogP contribution < -0.4 is 11.5 Å². The summed E-state index contributed by atoms with van der Waals surface area (Å²) in [5, 5.41) is 1.49. The lowest BCUT2D eigenvalue weighted by atomic mass is 10.1. The summed E-state index contributed by atoms with van der Waals surface area (Å²) in [6.07, 6.45) is -1.15. The van der Waals surface area contributed by atoms with Crippen LogP contribution in [0.15, 0.2) is 5.38 Å². The number of thiazole rings is 1. The van der Waals surface area contributed by atoms with E-state index in [9.17, 15) is 14.4 Å². The van der Waals surface area contributed by atoms with E-state index in [0.29, 0.717) is 0 Å². The summed E-state index contributed by atoms with van der Waals surface area (Å²) in [7, 11) is 1.20. The van der Waals surface area contributed by atoms with Gasteiger partial charge in [0.15, 0.2) is 11.8 Å². The lowest BCUT2D eigenvalue weighted by Crippen LogP contribution is -2.36. The van der Waals surface area contributed by atoms with E-state index in [4.69, 9.17) is 16.2 Å². The second kappa shape index (κ2) is 4.03. The lowest BCUT2D eigenvalue weighted by molar-refractivity contribution is -0.124. The molecule has 2 atom stereocenters. The van der Waals surface area contributed by atoms with E-state index in [-0.39, 0.29) is 10.7 Å². The van der Waals surface area contributed by atoms with Gasteiger partial charge in [-0.15, -0.1) is 11.3 Å². The van der Waals surface area contributed by atoms with E-state index in [1.807, 2.05) is 0 Å². The van der Waals surface area contributed by atoms with Gasteiger partial charge in [0.2, 0.25) is 5.60 Å². The summed E-state index contributed by atoms with van der Waals surface area (Å²) in [6, 6.07) is 0. The number of primary amides is 2. The van der Waals surface area contributed by atoms with Gasteiger partial charge < -0.3 is 20.9 Å². The van der Waals surface area contributed by atoms with E-state index in [1.54, 1.807) is 0 Å². The number of esters is 1. The molecule has 0 saturated carbocycles. The standard InChI is InChI=1S/C9H9N3O5S/c1-16-6(14)3-2-18-8(12-3)9(7(11)15)4(17-9)5(10)13/h2,4H,1H3,(H2,10,13)(H2,11,15). The molecule has 18 heavy (non-hydrogen) atoms. The third-order valence-electron chi connectivity index (χ3n) is 2.46. The van der Waals surface area contributed by atoms with E-state index in [2.05, 4.69) is 9.72 Å². The van der Waals surface area contributed by atoms with Crippen LogP contribution in [0.1, 0.15) is 15.5 Å². The minimum Gasteiger partial charge on any atom is -0.464 e. The molecule has 9 heteroatoms. The van der Waals surface area contributed by atoms with Crippen molar-refractivity contribution in [2.24, 2.45) is 11.5 Å². The number of aromatic nitrogens is 1. The fourth-order valence-electron chi connectivity index (χ4n) is 1.51. The van der Waals surface area contributed by atoms with Crippen LogP contribution >= 0.6 is 11.3 Å². The fraction of sp³-hybridized carbons (Fsp3) is 0.333. The Morgan fingerprint density at radius 1 is 1.50 bits per heavy atom. The average molecular weight is 271 g/mol. The highest BCUT2D eigenvalue weighted by molar-refractivity contribution is 7.10. The molecule has 2 amide bonds. The Morgan fingerprint density at radius 2 is 2.17 bits per heavy atom. The Hall–Kier alpha value is -2.00. The molecular formula is C9H9N3O5S. The number of amides is 2. The molecule has 2 rings (SSSR count). The van der Waals surface area contributed by atoms with Crippen LogP contribution in [0.5, 0.6) is 0 Å². The summed E-state index contributed by atoms with van der Waals surface area (Å²) in [5.74, 6) is -2.35. The molecule has 0 aromatic carbocycles. The van der Waals surface area contributed by atoms with Gasteiger partial charge in [-0.25, -0.2) is 9.78 Å². The first-order valence-corrected chi connectivity index (χ1v) is 5.62. The Morgan fingerprint density at radius 3 is 2.61 bits per heavy atom. The first-order valence-electron chi connectivity index (χ1n) is 4.74. The molecule has 1 saturated heterocycles. The zero-order valence-corrected chi connectivity index (χ0v) is 10.0. The number of methoxy groups -OCH3 is 1. The molecule has 0 radical (unpaired) electrons. The van der Waals surface area contributed by atoms with Crippen molar-refractivity contribution in [2.45, 2.75) is 11.7 Å². The van der Waals surface area contributed by atoms with Crippen molar-refractivity contribution in [2.75, 3.05) is 7.11 Å². The predicted octanol–water partition coefficient (Wildman–Crippen LogP) is -1.51. The van der Waals surface area contributed by atoms with Gasteiger partial charge in [0, 0.05) is 5.38 Å². The zero-order valence-electron chi connectivity index (χ0n) is 9.21. The number of hydrogen-bond acceptors (Lipinski definition) is 7. The van der Waals surface area contributed by atoms with Gasteiger partial charge in [0.25, 0.3) is 11.8 Å². The first-order chi connectivity index (χ1) is 8.43. The molecule has 0 bridgehead atoms. The number of ether oxygens (including phenoxy) is 2. The van der Waals surface area contributed by atoms with E-state index < -0.39 is 29.5 Å². The molecule has 1 aromatic rings. The average Bonchev–Trinajstić information content (AvgIpc) is 2.92. The SMILES string of the molecule is COC(=O)c1csc(C2(C(N)=O)OC2C(N)=O)n1. The number of rotatable bonds is 4. The van der Waals surface area contributed by atoms with Crippen LogP contribution in [0, 0.1) is 0 Å². The van der Waals surface area contributed by atoms with Crippen molar-refractivity contribution < 1.29 is 23.9 Å². The highest BCUT2D eigenvalue weighted by atomic mass is 32.1. The minimum absolute atomic E-state index is 0.0110. The van der Waals surface area contributed by atoms with E-state index in [1.165, 1.54) is 12.5 Å². The van der Waals surface area contributed by atoms with Crippen LogP contribution in [0.2, 0.25) is 0 Å². The lowest BCUT2D eigenvalue weighted by Gasteiger charge is -2.03. The highest BCUT2D eigenvalue weighted by Gasteiger charge is 2.68. The molecule has 2 heterocycles. The van der Waals surface area contributed by atoms with Crippen LogP contribution in [0.3, 0.4) is 0 Å². The Bertz CT molecular complexity index is 542. The number of carbonyl (C=O) groups excluding carboxylic acids is 3. The van der Waals surface area contributed by atoms with Gasteiger partial charge in [-0.1, -0.05) is 0 Å². The smallest absolute Gasteiger partial charge is 0.357 e. The van der Waals surface area contributed by atoms with Crippen molar-refractivity contribution in [3.8, 4) is 0 Å². The summed E-state index contributed by atoms with van der Waals surface area (Å²) < 4.78 is 9.46. The molecule has 0 spiro atoms. The molecule has 4 N–H and O–H groups in total. The van der Waals surface area contributed by atoms with Gasteiger partial charge >= 0.3 is 5.97 Å². The molecule has 2 unspecified atom stereocenters. The van der Waals surface area contributed by atoms with E-state index >= 15 is 0 Å². The molecule has 1 aliphatic rings. The van der Waals surface area contributed by atoms with Gasteiger partial charge in [-0.3, -0.25) is 9.59 Å². The van der Waals surface area contributed by atoms with Crippen molar-refractivity contribution in [3.05, 3.63) is 16.1 Å². The number of nitrogens with two attached hydrogens (primary N) is 2. The van der Waals surface area contributed by atoms with Crippen LogP contribution in [0.25, 0.3) is 0 Å². The normalized spacial score (nSPS) is 25.5. The summed E-state index contributed by atoms with van der Waals surface area (Å²) in [4.78, 5) is 37.5. The van der Waals surface area contributed by atoms with Gasteiger partial charge in [0.05, 0.1) is 7.11 Å². The van der Waals surface area contributed by atoms with Gasteiger partial charge in [-0.05, 0) is 0 Å². The molecule has 1 aliphatic heterocycles.